The average Bonchev–Trinajstić information content (AvgIpc) is 2.78. The van der Waals surface area contributed by atoms with Gasteiger partial charge in [-0.2, -0.15) is 8.75 Å². The Kier molecular flexibility index (Phi) is 3.88. The van der Waals surface area contributed by atoms with Gasteiger partial charge >= 0.3 is 0 Å². The van der Waals surface area contributed by atoms with E-state index in [0.29, 0.717) is 28.2 Å². The van der Waals surface area contributed by atoms with Crippen molar-refractivity contribution >= 4 is 46.0 Å². The minimum atomic E-state index is -0.193. The zero-order valence-corrected chi connectivity index (χ0v) is 10.4. The molecular formula is C10H10ClN3O2S. The summed E-state index contributed by atoms with van der Waals surface area (Å²) < 4.78 is 8.17. The predicted octanol–water partition coefficient (Wildman–Crippen LogP) is 2.06. The summed E-state index contributed by atoms with van der Waals surface area (Å²) in [4.78, 5) is 11.6. The molecule has 1 heterocycles. The fraction of sp³-hybridized carbons (Fsp3) is 0.300. The van der Waals surface area contributed by atoms with E-state index in [0.717, 1.165) is 11.7 Å². The van der Waals surface area contributed by atoms with Crippen LogP contribution in [-0.4, -0.2) is 26.4 Å². The maximum atomic E-state index is 11.6. The smallest absolute Gasteiger partial charge is 0.224 e. The third-order valence-electron chi connectivity index (χ3n) is 2.20. The number of carbonyl (C=O) groups is 1. The van der Waals surface area contributed by atoms with Crippen molar-refractivity contribution in [1.82, 2.24) is 8.75 Å². The van der Waals surface area contributed by atoms with Gasteiger partial charge in [-0.3, -0.25) is 4.79 Å². The fourth-order valence-electron chi connectivity index (χ4n) is 1.39. The van der Waals surface area contributed by atoms with E-state index in [1.807, 2.05) is 0 Å². The predicted molar refractivity (Wildman–Crippen MR) is 67.4 cm³/mol. The maximum Gasteiger partial charge on any atom is 0.224 e. The minimum absolute atomic E-state index is 0.0103. The number of aliphatic hydroxyl groups is 1. The summed E-state index contributed by atoms with van der Waals surface area (Å²) >= 11 is 7.08. The Balaban J connectivity index is 2.25. The summed E-state index contributed by atoms with van der Waals surface area (Å²) in [5, 5.41) is 11.8. The Bertz CT molecular complexity index is 543. The van der Waals surface area contributed by atoms with E-state index in [9.17, 15) is 4.79 Å². The lowest BCUT2D eigenvalue weighted by molar-refractivity contribution is -0.116. The van der Waals surface area contributed by atoms with Crippen LogP contribution in [0.1, 0.15) is 12.8 Å². The molecule has 1 aromatic heterocycles. The molecule has 7 heteroatoms. The van der Waals surface area contributed by atoms with Crippen LogP contribution in [0, 0.1) is 0 Å². The fourth-order valence-corrected chi connectivity index (χ4v) is 2.13. The van der Waals surface area contributed by atoms with Crippen molar-refractivity contribution in [3.05, 3.63) is 17.2 Å². The first-order chi connectivity index (χ1) is 8.22. The number of halogens is 1. The van der Waals surface area contributed by atoms with Crippen molar-refractivity contribution < 1.29 is 9.90 Å². The molecule has 0 aliphatic carbocycles. The number of anilines is 1. The van der Waals surface area contributed by atoms with Crippen molar-refractivity contribution in [2.45, 2.75) is 12.8 Å². The van der Waals surface area contributed by atoms with Crippen LogP contribution in [0.15, 0.2) is 12.1 Å². The average molecular weight is 272 g/mol. The van der Waals surface area contributed by atoms with Crippen molar-refractivity contribution in [3.8, 4) is 0 Å². The second-order valence-electron chi connectivity index (χ2n) is 3.43. The van der Waals surface area contributed by atoms with Crippen molar-refractivity contribution in [1.29, 1.82) is 0 Å². The van der Waals surface area contributed by atoms with E-state index in [2.05, 4.69) is 14.1 Å². The number of hydrogen-bond donors (Lipinski definition) is 2. The normalized spacial score (nSPS) is 10.7. The largest absolute Gasteiger partial charge is 0.396 e. The third kappa shape index (κ3) is 2.71. The van der Waals surface area contributed by atoms with Gasteiger partial charge in [-0.15, -0.1) is 0 Å². The quantitative estimate of drug-likeness (QED) is 0.892. The number of aliphatic hydroxyl groups excluding tert-OH is 1. The Morgan fingerprint density at radius 3 is 3.06 bits per heavy atom. The molecule has 1 aromatic carbocycles. The molecular weight excluding hydrogens is 262 g/mol. The van der Waals surface area contributed by atoms with Gasteiger partial charge in [0.15, 0.2) is 0 Å². The number of hydrogen-bond acceptors (Lipinski definition) is 5. The number of amides is 1. The van der Waals surface area contributed by atoms with E-state index in [1.54, 1.807) is 12.1 Å². The Labute approximate surface area is 107 Å². The number of aromatic nitrogens is 2. The summed E-state index contributed by atoms with van der Waals surface area (Å²) in [5.41, 5.74) is 1.79. The van der Waals surface area contributed by atoms with Gasteiger partial charge in [0.2, 0.25) is 5.91 Å². The van der Waals surface area contributed by atoms with Crippen molar-refractivity contribution in [2.75, 3.05) is 11.9 Å². The number of benzene rings is 1. The van der Waals surface area contributed by atoms with Gasteiger partial charge in [0.25, 0.3) is 0 Å². The van der Waals surface area contributed by atoms with Gasteiger partial charge in [-0.05, 0) is 18.6 Å². The van der Waals surface area contributed by atoms with Crippen LogP contribution in [0.2, 0.25) is 5.02 Å². The number of fused-ring (bicyclic) bond motifs is 1. The molecule has 0 bridgehead atoms. The third-order valence-corrected chi connectivity index (χ3v) is 3.06. The summed E-state index contributed by atoms with van der Waals surface area (Å²) in [5.74, 6) is -0.193. The van der Waals surface area contributed by atoms with Crippen molar-refractivity contribution in [3.63, 3.8) is 0 Å². The highest BCUT2D eigenvalue weighted by Gasteiger charge is 2.12. The van der Waals surface area contributed by atoms with E-state index < -0.39 is 0 Å². The molecule has 0 fully saturated rings. The molecule has 17 heavy (non-hydrogen) atoms. The van der Waals surface area contributed by atoms with E-state index in [-0.39, 0.29) is 18.9 Å². The molecule has 1 amide bonds. The lowest BCUT2D eigenvalue weighted by Gasteiger charge is -2.06. The zero-order valence-electron chi connectivity index (χ0n) is 8.81. The summed E-state index contributed by atoms with van der Waals surface area (Å²) in [7, 11) is 0. The van der Waals surface area contributed by atoms with Gasteiger partial charge in [0.05, 0.1) is 22.4 Å². The Morgan fingerprint density at radius 1 is 1.47 bits per heavy atom. The summed E-state index contributed by atoms with van der Waals surface area (Å²) in [6.07, 6.45) is 0.676. The monoisotopic (exact) mass is 271 g/mol. The standard InChI is InChI=1S/C10H10ClN3O2S/c11-6-3-4-7-10(14-17-13-7)9(6)12-8(16)2-1-5-15/h3-4,15H,1-2,5H2,(H,12,16). The second kappa shape index (κ2) is 5.39. The molecule has 0 spiro atoms. The van der Waals surface area contributed by atoms with Gasteiger partial charge in [-0.25, -0.2) is 0 Å². The molecule has 0 aliphatic heterocycles. The van der Waals surface area contributed by atoms with Gasteiger partial charge < -0.3 is 10.4 Å². The lowest BCUT2D eigenvalue weighted by Crippen LogP contribution is -2.12. The lowest BCUT2D eigenvalue weighted by atomic mass is 10.2. The Morgan fingerprint density at radius 2 is 2.29 bits per heavy atom. The summed E-state index contributed by atoms with van der Waals surface area (Å²) in [6.45, 7) is -0.0103. The zero-order chi connectivity index (χ0) is 12.3. The highest BCUT2D eigenvalue weighted by atomic mass is 35.5. The number of nitrogens with one attached hydrogen (secondary N) is 1. The highest BCUT2D eigenvalue weighted by molar-refractivity contribution is 7.00. The van der Waals surface area contributed by atoms with E-state index in [4.69, 9.17) is 16.7 Å². The molecule has 2 N–H and O–H groups in total. The molecule has 0 aliphatic rings. The van der Waals surface area contributed by atoms with E-state index >= 15 is 0 Å². The molecule has 0 radical (unpaired) electrons. The van der Waals surface area contributed by atoms with Gasteiger partial charge in [0.1, 0.15) is 11.0 Å². The summed E-state index contributed by atoms with van der Waals surface area (Å²) in [6, 6.07) is 3.43. The van der Waals surface area contributed by atoms with Crippen LogP contribution in [0.3, 0.4) is 0 Å². The number of nitrogens with zero attached hydrogens (tertiary/aromatic N) is 2. The second-order valence-corrected chi connectivity index (χ2v) is 4.37. The molecule has 2 rings (SSSR count). The molecule has 2 aromatic rings. The molecule has 0 saturated carbocycles. The Hall–Kier alpha value is -1.24. The van der Waals surface area contributed by atoms with Crippen LogP contribution in [0.5, 0.6) is 0 Å². The van der Waals surface area contributed by atoms with E-state index in [1.165, 1.54) is 0 Å². The van der Waals surface area contributed by atoms with Gasteiger partial charge in [0, 0.05) is 13.0 Å². The molecule has 5 nitrogen and oxygen atoms in total. The van der Waals surface area contributed by atoms with Crippen LogP contribution in [-0.2, 0) is 4.79 Å². The number of carbonyl (C=O) groups excluding carboxylic acids is 1. The number of rotatable bonds is 4. The molecule has 90 valence electrons. The van der Waals surface area contributed by atoms with Crippen LogP contribution >= 0.6 is 23.3 Å². The highest BCUT2D eigenvalue weighted by Crippen LogP contribution is 2.29. The minimum Gasteiger partial charge on any atom is -0.396 e. The van der Waals surface area contributed by atoms with Crippen LogP contribution < -0.4 is 5.32 Å². The molecule has 0 unspecified atom stereocenters. The molecule has 0 saturated heterocycles. The first-order valence-electron chi connectivity index (χ1n) is 5.04. The van der Waals surface area contributed by atoms with Gasteiger partial charge in [-0.1, -0.05) is 11.6 Å². The maximum absolute atomic E-state index is 11.6. The van der Waals surface area contributed by atoms with Crippen LogP contribution in [0.25, 0.3) is 11.0 Å². The molecule has 0 atom stereocenters. The first kappa shape index (κ1) is 12.2. The van der Waals surface area contributed by atoms with Crippen LogP contribution in [0.4, 0.5) is 5.69 Å². The SMILES string of the molecule is O=C(CCCO)Nc1c(Cl)ccc2nsnc12. The van der Waals surface area contributed by atoms with Crippen molar-refractivity contribution in [2.24, 2.45) is 0 Å². The first-order valence-corrected chi connectivity index (χ1v) is 6.14. The topological polar surface area (TPSA) is 75.1 Å².